The van der Waals surface area contributed by atoms with E-state index in [4.69, 9.17) is 9.47 Å². The predicted molar refractivity (Wildman–Crippen MR) is 89.0 cm³/mol. The molecule has 22 heavy (non-hydrogen) atoms. The summed E-state index contributed by atoms with van der Waals surface area (Å²) in [5.74, 6) is 0.529. The monoisotopic (exact) mass is 370 g/mol. The van der Waals surface area contributed by atoms with Gasteiger partial charge in [-0.3, -0.25) is 4.79 Å². The Morgan fingerprint density at radius 2 is 1.82 bits per heavy atom. The van der Waals surface area contributed by atoms with Gasteiger partial charge < -0.3 is 14.6 Å². The van der Waals surface area contributed by atoms with E-state index in [-0.39, 0.29) is 0 Å². The molecule has 1 aromatic carbocycles. The van der Waals surface area contributed by atoms with E-state index in [1.807, 2.05) is 13.0 Å². The van der Waals surface area contributed by atoms with Crippen molar-refractivity contribution in [3.05, 3.63) is 21.7 Å². The molecule has 0 heterocycles. The molecule has 2 rings (SSSR count). The highest BCUT2D eigenvalue weighted by Crippen LogP contribution is 2.48. The molecule has 1 aliphatic carbocycles. The van der Waals surface area contributed by atoms with Crippen LogP contribution in [-0.4, -0.2) is 25.3 Å². The highest BCUT2D eigenvalue weighted by Gasteiger charge is 2.43. The Labute approximate surface area is 139 Å². The van der Waals surface area contributed by atoms with Gasteiger partial charge in [0.25, 0.3) is 0 Å². The van der Waals surface area contributed by atoms with Crippen LogP contribution in [0.25, 0.3) is 0 Å². The first-order chi connectivity index (χ1) is 10.5. The molecule has 0 aliphatic heterocycles. The van der Waals surface area contributed by atoms with Gasteiger partial charge in [-0.25, -0.2) is 0 Å². The first-order valence-electron chi connectivity index (χ1n) is 7.69. The number of halogens is 1. The number of hydrogen-bond donors (Lipinski definition) is 1. The van der Waals surface area contributed by atoms with E-state index in [1.165, 1.54) is 0 Å². The minimum absolute atomic E-state index is 0.624. The molecular weight excluding hydrogens is 348 g/mol. The van der Waals surface area contributed by atoms with Crippen molar-refractivity contribution in [2.45, 2.75) is 50.9 Å². The first-order valence-corrected chi connectivity index (χ1v) is 8.48. The Hall–Kier alpha value is -1.23. The molecule has 0 unspecified atom stereocenters. The van der Waals surface area contributed by atoms with E-state index in [1.54, 1.807) is 14.2 Å². The second-order valence-corrected chi connectivity index (χ2v) is 6.61. The second kappa shape index (κ2) is 6.90. The van der Waals surface area contributed by atoms with Crippen molar-refractivity contribution in [2.24, 2.45) is 0 Å². The SMILES string of the molecule is CCc1c(C2(C(=O)O)CCCCC2)cc(Br)c(OC)c1OC. The predicted octanol–water partition coefficient (Wildman–Crippen LogP) is 4.32. The molecule has 0 aromatic heterocycles. The Bertz CT molecular complexity index is 562. The third kappa shape index (κ3) is 2.71. The van der Waals surface area contributed by atoms with Gasteiger partial charge in [-0.1, -0.05) is 26.2 Å². The maximum Gasteiger partial charge on any atom is 0.314 e. The Morgan fingerprint density at radius 3 is 2.27 bits per heavy atom. The van der Waals surface area contributed by atoms with E-state index in [0.717, 1.165) is 34.9 Å². The fourth-order valence-corrected chi connectivity index (χ4v) is 4.16. The van der Waals surface area contributed by atoms with Crippen LogP contribution >= 0.6 is 15.9 Å². The van der Waals surface area contributed by atoms with Gasteiger partial charge in [0, 0.05) is 5.56 Å². The third-order valence-electron chi connectivity index (χ3n) is 4.69. The summed E-state index contributed by atoms with van der Waals surface area (Å²) >= 11 is 3.50. The van der Waals surface area contributed by atoms with Crippen LogP contribution in [0.15, 0.2) is 10.5 Å². The molecule has 0 amide bonds. The summed E-state index contributed by atoms with van der Waals surface area (Å²) < 4.78 is 11.7. The number of rotatable bonds is 5. The smallest absolute Gasteiger partial charge is 0.314 e. The summed E-state index contributed by atoms with van der Waals surface area (Å²) in [5, 5.41) is 9.96. The van der Waals surface area contributed by atoms with E-state index in [0.29, 0.717) is 30.8 Å². The molecule has 0 bridgehead atoms. The second-order valence-electron chi connectivity index (χ2n) is 5.75. The van der Waals surface area contributed by atoms with Gasteiger partial charge in [0.15, 0.2) is 11.5 Å². The molecule has 1 N–H and O–H groups in total. The van der Waals surface area contributed by atoms with Crippen molar-refractivity contribution in [1.82, 2.24) is 0 Å². The molecule has 1 fully saturated rings. The first kappa shape index (κ1) is 17.1. The summed E-state index contributed by atoms with van der Waals surface area (Å²) in [4.78, 5) is 12.1. The number of carbonyl (C=O) groups is 1. The number of hydrogen-bond acceptors (Lipinski definition) is 3. The van der Waals surface area contributed by atoms with Crippen LogP contribution in [0.4, 0.5) is 0 Å². The largest absolute Gasteiger partial charge is 0.493 e. The number of carboxylic acid groups (broad SMARTS) is 1. The Morgan fingerprint density at radius 1 is 1.23 bits per heavy atom. The molecule has 1 aliphatic rings. The highest BCUT2D eigenvalue weighted by molar-refractivity contribution is 9.10. The highest BCUT2D eigenvalue weighted by atomic mass is 79.9. The molecular formula is C17H23BrO4. The zero-order chi connectivity index (χ0) is 16.3. The molecule has 122 valence electrons. The number of carboxylic acids is 1. The van der Waals surface area contributed by atoms with Crippen LogP contribution in [0.2, 0.25) is 0 Å². The molecule has 0 radical (unpaired) electrons. The van der Waals surface area contributed by atoms with Gasteiger partial charge in [-0.15, -0.1) is 0 Å². The maximum atomic E-state index is 12.1. The molecule has 0 spiro atoms. The number of methoxy groups -OCH3 is 2. The number of benzene rings is 1. The van der Waals surface area contributed by atoms with Crippen LogP contribution in [0.5, 0.6) is 11.5 Å². The van der Waals surface area contributed by atoms with Gasteiger partial charge in [0.2, 0.25) is 0 Å². The molecule has 4 nitrogen and oxygen atoms in total. The molecule has 5 heteroatoms. The minimum Gasteiger partial charge on any atom is -0.493 e. The maximum absolute atomic E-state index is 12.1. The minimum atomic E-state index is -0.814. The lowest BCUT2D eigenvalue weighted by Crippen LogP contribution is -2.38. The van der Waals surface area contributed by atoms with Crippen LogP contribution in [0.3, 0.4) is 0 Å². The van der Waals surface area contributed by atoms with Gasteiger partial charge in [-0.2, -0.15) is 0 Å². The van der Waals surface area contributed by atoms with Crippen LogP contribution < -0.4 is 9.47 Å². The Kier molecular flexibility index (Phi) is 5.37. The van der Waals surface area contributed by atoms with Crippen molar-refractivity contribution in [2.75, 3.05) is 14.2 Å². The topological polar surface area (TPSA) is 55.8 Å². The average Bonchev–Trinajstić information content (AvgIpc) is 2.54. The standard InChI is InChI=1S/C17H23BrO4/c1-4-11-12(10-13(18)15(22-3)14(11)21-2)17(16(19)20)8-6-5-7-9-17/h10H,4-9H2,1-3H3,(H,19,20). The number of aliphatic carboxylic acids is 1. The molecule has 1 saturated carbocycles. The van der Waals surface area contributed by atoms with Gasteiger partial charge >= 0.3 is 5.97 Å². The van der Waals surface area contributed by atoms with Crippen molar-refractivity contribution >= 4 is 21.9 Å². The van der Waals surface area contributed by atoms with E-state index in [9.17, 15) is 9.90 Å². The zero-order valence-electron chi connectivity index (χ0n) is 13.4. The van der Waals surface area contributed by atoms with Crippen molar-refractivity contribution < 1.29 is 19.4 Å². The van der Waals surface area contributed by atoms with Crippen molar-refractivity contribution in [3.63, 3.8) is 0 Å². The van der Waals surface area contributed by atoms with Gasteiger partial charge in [0.05, 0.1) is 24.1 Å². The Balaban J connectivity index is 2.72. The van der Waals surface area contributed by atoms with E-state index in [2.05, 4.69) is 15.9 Å². The third-order valence-corrected chi connectivity index (χ3v) is 5.28. The summed E-state index contributed by atoms with van der Waals surface area (Å²) in [6, 6.07) is 1.92. The van der Waals surface area contributed by atoms with E-state index < -0.39 is 11.4 Å². The summed E-state index contributed by atoms with van der Waals surface area (Å²) in [6.07, 6.45) is 5.06. The van der Waals surface area contributed by atoms with Gasteiger partial charge in [0.1, 0.15) is 0 Å². The van der Waals surface area contributed by atoms with Crippen LogP contribution in [0.1, 0.15) is 50.2 Å². The quantitative estimate of drug-likeness (QED) is 0.838. The average molecular weight is 371 g/mol. The zero-order valence-corrected chi connectivity index (χ0v) is 15.0. The fourth-order valence-electron chi connectivity index (χ4n) is 3.59. The molecule has 0 atom stereocenters. The summed E-state index contributed by atoms with van der Waals surface area (Å²) in [6.45, 7) is 2.02. The van der Waals surface area contributed by atoms with Crippen LogP contribution in [0, 0.1) is 0 Å². The molecule has 1 aromatic rings. The van der Waals surface area contributed by atoms with E-state index >= 15 is 0 Å². The lowest BCUT2D eigenvalue weighted by atomic mass is 9.67. The normalized spacial score (nSPS) is 17.1. The molecule has 0 saturated heterocycles. The van der Waals surface area contributed by atoms with Crippen molar-refractivity contribution in [1.29, 1.82) is 0 Å². The lowest BCUT2D eigenvalue weighted by Gasteiger charge is -2.36. The fraction of sp³-hybridized carbons (Fsp3) is 0.588. The van der Waals surface area contributed by atoms with Crippen molar-refractivity contribution in [3.8, 4) is 11.5 Å². The van der Waals surface area contributed by atoms with Gasteiger partial charge in [-0.05, 0) is 46.8 Å². The summed E-state index contributed by atoms with van der Waals surface area (Å²) in [5.41, 5.74) is 0.990. The number of ether oxygens (including phenoxy) is 2. The summed E-state index contributed by atoms with van der Waals surface area (Å²) in [7, 11) is 3.19. The van der Waals surface area contributed by atoms with Crippen LogP contribution in [-0.2, 0) is 16.6 Å². The lowest BCUT2D eigenvalue weighted by molar-refractivity contribution is -0.145.